The molecule has 1 aromatic rings. The van der Waals surface area contributed by atoms with Crippen LogP contribution in [0.2, 0.25) is 0 Å². The van der Waals surface area contributed by atoms with Crippen LogP contribution in [0.5, 0.6) is 0 Å². The highest BCUT2D eigenvalue weighted by atomic mass is 16.5. The average molecular weight is 237 g/mol. The first-order valence-electron chi connectivity index (χ1n) is 5.73. The molecule has 1 unspecified atom stereocenters. The van der Waals surface area contributed by atoms with Crippen LogP contribution in [0.1, 0.15) is 26.5 Å². The van der Waals surface area contributed by atoms with Gasteiger partial charge in [-0.1, -0.05) is 20.8 Å². The topological polar surface area (TPSA) is 64.1 Å². The molecule has 1 atom stereocenters. The van der Waals surface area contributed by atoms with Gasteiger partial charge in [0.2, 0.25) is 0 Å². The molecule has 0 saturated carbocycles. The molecule has 1 aromatic heterocycles. The van der Waals surface area contributed by atoms with E-state index in [-0.39, 0.29) is 17.9 Å². The first kappa shape index (κ1) is 13.4. The maximum atomic E-state index is 11.6. The van der Waals surface area contributed by atoms with Crippen molar-refractivity contribution in [1.82, 2.24) is 9.97 Å². The van der Waals surface area contributed by atoms with Crippen LogP contribution >= 0.6 is 0 Å². The number of carbonyl (C=O) groups excluding carboxylic acids is 1. The number of nitrogens with one attached hydrogen (secondary N) is 1. The molecule has 0 radical (unpaired) electrons. The fraction of sp³-hybridized carbons (Fsp3) is 0.583. The highest BCUT2D eigenvalue weighted by Crippen LogP contribution is 2.12. The van der Waals surface area contributed by atoms with Gasteiger partial charge >= 0.3 is 5.97 Å². The molecule has 17 heavy (non-hydrogen) atoms. The summed E-state index contributed by atoms with van der Waals surface area (Å²) in [4.78, 5) is 19.8. The number of hydrogen-bond acceptors (Lipinski definition) is 5. The van der Waals surface area contributed by atoms with Crippen molar-refractivity contribution in [2.24, 2.45) is 5.92 Å². The number of esters is 1. The SMILES string of the molecule is CCc1cc(NC(C(=O)OC)C(C)C)ncn1. The summed E-state index contributed by atoms with van der Waals surface area (Å²) >= 11 is 0. The molecular formula is C12H19N3O2. The first-order valence-corrected chi connectivity index (χ1v) is 5.73. The van der Waals surface area contributed by atoms with E-state index < -0.39 is 0 Å². The Morgan fingerprint density at radius 3 is 2.71 bits per heavy atom. The zero-order valence-electron chi connectivity index (χ0n) is 10.7. The standard InChI is InChI=1S/C12H19N3O2/c1-5-9-6-10(14-7-13-9)15-11(8(2)3)12(16)17-4/h6-8,11H,5H2,1-4H3,(H,13,14,15). The molecule has 0 aromatic carbocycles. The van der Waals surface area contributed by atoms with E-state index in [1.54, 1.807) is 0 Å². The smallest absolute Gasteiger partial charge is 0.328 e. The predicted octanol–water partition coefficient (Wildman–Crippen LogP) is 1.65. The lowest BCUT2D eigenvalue weighted by molar-refractivity contribution is -0.142. The molecule has 1 heterocycles. The number of ether oxygens (including phenoxy) is 1. The monoisotopic (exact) mass is 237 g/mol. The summed E-state index contributed by atoms with van der Waals surface area (Å²) in [5.74, 6) is 0.500. The van der Waals surface area contributed by atoms with Gasteiger partial charge in [-0.25, -0.2) is 14.8 Å². The van der Waals surface area contributed by atoms with Gasteiger partial charge in [0.15, 0.2) is 0 Å². The van der Waals surface area contributed by atoms with E-state index in [1.807, 2.05) is 26.8 Å². The Labute approximate surface area is 102 Å². The van der Waals surface area contributed by atoms with Gasteiger partial charge in [-0.3, -0.25) is 0 Å². The molecule has 0 saturated heterocycles. The van der Waals surface area contributed by atoms with Crippen molar-refractivity contribution in [2.45, 2.75) is 33.2 Å². The zero-order valence-corrected chi connectivity index (χ0v) is 10.7. The fourth-order valence-corrected chi connectivity index (χ4v) is 1.45. The fourth-order valence-electron chi connectivity index (χ4n) is 1.45. The summed E-state index contributed by atoms with van der Waals surface area (Å²) in [7, 11) is 1.39. The van der Waals surface area contributed by atoms with Crippen LogP contribution < -0.4 is 5.32 Å². The number of anilines is 1. The van der Waals surface area contributed by atoms with Crippen LogP contribution in [-0.4, -0.2) is 29.1 Å². The lowest BCUT2D eigenvalue weighted by atomic mass is 10.0. The van der Waals surface area contributed by atoms with Gasteiger partial charge < -0.3 is 10.1 Å². The van der Waals surface area contributed by atoms with Crippen LogP contribution in [0, 0.1) is 5.92 Å². The lowest BCUT2D eigenvalue weighted by Crippen LogP contribution is -2.35. The summed E-state index contributed by atoms with van der Waals surface area (Å²) in [5, 5.41) is 3.08. The van der Waals surface area contributed by atoms with E-state index in [1.165, 1.54) is 13.4 Å². The number of nitrogens with zero attached hydrogens (tertiary/aromatic N) is 2. The third kappa shape index (κ3) is 3.69. The minimum absolute atomic E-state index is 0.127. The van der Waals surface area contributed by atoms with Crippen molar-refractivity contribution < 1.29 is 9.53 Å². The van der Waals surface area contributed by atoms with Crippen molar-refractivity contribution in [3.63, 3.8) is 0 Å². The predicted molar refractivity (Wildman–Crippen MR) is 65.7 cm³/mol. The average Bonchev–Trinajstić information content (AvgIpc) is 2.35. The van der Waals surface area contributed by atoms with E-state index in [0.717, 1.165) is 12.1 Å². The first-order chi connectivity index (χ1) is 8.08. The van der Waals surface area contributed by atoms with Crippen molar-refractivity contribution in [2.75, 3.05) is 12.4 Å². The third-order valence-electron chi connectivity index (χ3n) is 2.51. The second-order valence-electron chi connectivity index (χ2n) is 4.14. The molecule has 5 heteroatoms. The molecule has 0 fully saturated rings. The highest BCUT2D eigenvalue weighted by Gasteiger charge is 2.23. The van der Waals surface area contributed by atoms with Crippen LogP contribution in [0.3, 0.4) is 0 Å². The van der Waals surface area contributed by atoms with E-state index in [4.69, 9.17) is 4.74 Å². The Bertz CT molecular complexity index is 380. The maximum Gasteiger partial charge on any atom is 0.328 e. The van der Waals surface area contributed by atoms with E-state index in [0.29, 0.717) is 5.82 Å². The zero-order chi connectivity index (χ0) is 12.8. The molecule has 0 bridgehead atoms. The minimum atomic E-state index is -0.389. The Hall–Kier alpha value is -1.65. The van der Waals surface area contributed by atoms with Crippen LogP contribution in [0.25, 0.3) is 0 Å². The highest BCUT2D eigenvalue weighted by molar-refractivity contribution is 5.79. The summed E-state index contributed by atoms with van der Waals surface area (Å²) in [6, 6.07) is 1.46. The molecule has 1 rings (SSSR count). The number of rotatable bonds is 5. The maximum absolute atomic E-state index is 11.6. The Morgan fingerprint density at radius 2 is 2.18 bits per heavy atom. The van der Waals surface area contributed by atoms with Gasteiger partial charge in [-0.2, -0.15) is 0 Å². The quantitative estimate of drug-likeness (QED) is 0.789. The molecule has 0 amide bonds. The van der Waals surface area contributed by atoms with Gasteiger partial charge in [-0.05, 0) is 12.3 Å². The van der Waals surface area contributed by atoms with Gasteiger partial charge in [-0.15, -0.1) is 0 Å². The van der Waals surface area contributed by atoms with Crippen molar-refractivity contribution in [1.29, 1.82) is 0 Å². The van der Waals surface area contributed by atoms with E-state index in [9.17, 15) is 4.79 Å². The molecule has 0 aliphatic heterocycles. The van der Waals surface area contributed by atoms with E-state index in [2.05, 4.69) is 15.3 Å². The van der Waals surface area contributed by atoms with Crippen molar-refractivity contribution in [3.8, 4) is 0 Å². The van der Waals surface area contributed by atoms with Crippen LogP contribution in [-0.2, 0) is 16.0 Å². The minimum Gasteiger partial charge on any atom is -0.467 e. The molecule has 0 spiro atoms. The summed E-state index contributed by atoms with van der Waals surface area (Å²) < 4.78 is 4.76. The molecule has 1 N–H and O–H groups in total. The second kappa shape index (κ2) is 6.18. The molecule has 94 valence electrons. The van der Waals surface area contributed by atoms with Crippen molar-refractivity contribution >= 4 is 11.8 Å². The summed E-state index contributed by atoms with van der Waals surface area (Å²) in [5.41, 5.74) is 0.940. The van der Waals surface area contributed by atoms with Crippen LogP contribution in [0.4, 0.5) is 5.82 Å². The number of aryl methyl sites for hydroxylation is 1. The Morgan fingerprint density at radius 1 is 1.47 bits per heavy atom. The lowest BCUT2D eigenvalue weighted by Gasteiger charge is -2.20. The number of methoxy groups -OCH3 is 1. The second-order valence-corrected chi connectivity index (χ2v) is 4.14. The Kier molecular flexibility index (Phi) is 4.87. The van der Waals surface area contributed by atoms with Gasteiger partial charge in [0.25, 0.3) is 0 Å². The number of carbonyl (C=O) groups is 1. The molecule has 0 aliphatic carbocycles. The van der Waals surface area contributed by atoms with Gasteiger partial charge in [0.1, 0.15) is 18.2 Å². The largest absolute Gasteiger partial charge is 0.467 e. The molecular weight excluding hydrogens is 218 g/mol. The van der Waals surface area contributed by atoms with E-state index >= 15 is 0 Å². The Balaban J connectivity index is 2.82. The summed E-state index contributed by atoms with van der Waals surface area (Å²) in [6.45, 7) is 5.93. The number of hydrogen-bond donors (Lipinski definition) is 1. The van der Waals surface area contributed by atoms with Gasteiger partial charge in [0, 0.05) is 11.8 Å². The third-order valence-corrected chi connectivity index (χ3v) is 2.51. The molecule has 0 aliphatic rings. The van der Waals surface area contributed by atoms with Crippen molar-refractivity contribution in [3.05, 3.63) is 18.1 Å². The molecule has 5 nitrogen and oxygen atoms in total. The normalized spacial score (nSPS) is 12.3. The van der Waals surface area contributed by atoms with Gasteiger partial charge in [0.05, 0.1) is 7.11 Å². The summed E-state index contributed by atoms with van der Waals surface area (Å²) in [6.07, 6.45) is 2.33. The van der Waals surface area contributed by atoms with Crippen LogP contribution in [0.15, 0.2) is 12.4 Å². The number of aromatic nitrogens is 2.